The molecule has 2 aromatic rings. The van der Waals surface area contributed by atoms with Crippen molar-refractivity contribution in [3.8, 4) is 0 Å². The maximum atomic E-state index is 13.1. The Morgan fingerprint density at radius 1 is 1.06 bits per heavy atom. The molecule has 11 heteroatoms. The number of carbonyl (C=O) groups excluding carboxylic acids is 1. The smallest absolute Gasteiger partial charge is 0.340 e. The van der Waals surface area contributed by atoms with Crippen molar-refractivity contribution in [1.82, 2.24) is 4.90 Å². The molecule has 0 radical (unpaired) electrons. The minimum absolute atomic E-state index is 0.0195. The highest BCUT2D eigenvalue weighted by Gasteiger charge is 2.32. The Hall–Kier alpha value is -3.60. The number of hydrogen-bond acceptors (Lipinski definition) is 8. The van der Waals surface area contributed by atoms with Gasteiger partial charge < -0.3 is 9.64 Å². The van der Waals surface area contributed by atoms with Gasteiger partial charge in [-0.05, 0) is 24.1 Å². The third kappa shape index (κ3) is 5.12. The van der Waals surface area contributed by atoms with Gasteiger partial charge in [-0.3, -0.25) is 25.1 Å². The van der Waals surface area contributed by atoms with Crippen LogP contribution in [0.1, 0.15) is 22.3 Å². The number of benzene rings is 2. The number of anilines is 1. The zero-order valence-electron chi connectivity index (χ0n) is 16.8. The number of nitro groups is 2. The standard InChI is InChI=1S/C20H21FN4O6/c1-31-20(26)17-11-16(24(27)28)12-18(25(29)30)19(17)23-8-2-7-22(9-10-23)13-14-3-5-15(21)6-4-14/h3-6,11-12H,2,7-10,13H2,1H3. The highest BCUT2D eigenvalue weighted by atomic mass is 19.1. The second-order valence-electron chi connectivity index (χ2n) is 7.11. The van der Waals surface area contributed by atoms with Gasteiger partial charge in [-0.25, -0.2) is 9.18 Å². The summed E-state index contributed by atoms with van der Waals surface area (Å²) in [6.45, 7) is 2.60. The number of nitro benzene ring substituents is 2. The van der Waals surface area contributed by atoms with E-state index in [0.29, 0.717) is 39.1 Å². The lowest BCUT2D eigenvalue weighted by atomic mass is 10.1. The first-order valence-corrected chi connectivity index (χ1v) is 9.57. The van der Waals surface area contributed by atoms with Crippen LogP contribution >= 0.6 is 0 Å². The van der Waals surface area contributed by atoms with Crippen LogP contribution in [0.3, 0.4) is 0 Å². The Morgan fingerprint density at radius 3 is 2.39 bits per heavy atom. The molecular formula is C20H21FN4O6. The number of hydrogen-bond donors (Lipinski definition) is 0. The maximum absolute atomic E-state index is 13.1. The molecule has 0 N–H and O–H groups in total. The molecule has 0 atom stereocenters. The van der Waals surface area contributed by atoms with E-state index in [1.807, 2.05) is 0 Å². The predicted molar refractivity (Wildman–Crippen MR) is 110 cm³/mol. The molecule has 0 aliphatic carbocycles. The summed E-state index contributed by atoms with van der Waals surface area (Å²) in [6, 6.07) is 8.06. The molecule has 2 aromatic carbocycles. The summed E-state index contributed by atoms with van der Waals surface area (Å²) < 4.78 is 17.9. The van der Waals surface area contributed by atoms with Crippen LogP contribution < -0.4 is 4.90 Å². The summed E-state index contributed by atoms with van der Waals surface area (Å²) in [5, 5.41) is 22.9. The summed E-state index contributed by atoms with van der Waals surface area (Å²) >= 11 is 0. The summed E-state index contributed by atoms with van der Waals surface area (Å²) in [5.74, 6) is -1.19. The van der Waals surface area contributed by atoms with Crippen molar-refractivity contribution in [1.29, 1.82) is 0 Å². The third-order valence-electron chi connectivity index (χ3n) is 5.11. The number of halogens is 1. The maximum Gasteiger partial charge on any atom is 0.340 e. The van der Waals surface area contributed by atoms with Gasteiger partial charge in [-0.15, -0.1) is 0 Å². The summed E-state index contributed by atoms with van der Waals surface area (Å²) in [6.07, 6.45) is 0.649. The van der Waals surface area contributed by atoms with E-state index < -0.39 is 27.2 Å². The monoisotopic (exact) mass is 432 g/mol. The second kappa shape index (κ2) is 9.47. The van der Waals surface area contributed by atoms with Crippen molar-refractivity contribution in [2.75, 3.05) is 38.2 Å². The van der Waals surface area contributed by atoms with Crippen molar-refractivity contribution in [2.45, 2.75) is 13.0 Å². The fourth-order valence-corrected chi connectivity index (χ4v) is 3.65. The topological polar surface area (TPSA) is 119 Å². The molecule has 0 spiro atoms. The summed E-state index contributed by atoms with van der Waals surface area (Å²) in [5.41, 5.74) is -0.321. The minimum Gasteiger partial charge on any atom is -0.465 e. The molecule has 1 fully saturated rings. The molecule has 1 aliphatic rings. The molecule has 3 rings (SSSR count). The van der Waals surface area contributed by atoms with Gasteiger partial charge in [0.15, 0.2) is 0 Å². The van der Waals surface area contributed by atoms with Crippen LogP contribution in [0.25, 0.3) is 0 Å². The van der Waals surface area contributed by atoms with Crippen LogP contribution in [0.15, 0.2) is 36.4 Å². The molecule has 0 unspecified atom stereocenters. The van der Waals surface area contributed by atoms with Gasteiger partial charge in [0.2, 0.25) is 0 Å². The Bertz CT molecular complexity index is 998. The Balaban J connectivity index is 1.90. The molecule has 0 amide bonds. The average Bonchev–Trinajstić information content (AvgIpc) is 2.99. The highest BCUT2D eigenvalue weighted by Crippen LogP contribution is 2.37. The second-order valence-corrected chi connectivity index (χ2v) is 7.11. The predicted octanol–water partition coefficient (Wildman–Crippen LogP) is 3.14. The molecule has 164 valence electrons. The van der Waals surface area contributed by atoms with Gasteiger partial charge in [0.25, 0.3) is 11.4 Å². The fourth-order valence-electron chi connectivity index (χ4n) is 3.65. The number of esters is 1. The largest absolute Gasteiger partial charge is 0.465 e. The molecule has 10 nitrogen and oxygen atoms in total. The molecule has 1 aliphatic heterocycles. The van der Waals surface area contributed by atoms with Crippen LogP contribution in [0.2, 0.25) is 0 Å². The van der Waals surface area contributed by atoms with Gasteiger partial charge in [-0.2, -0.15) is 0 Å². The number of methoxy groups -OCH3 is 1. The molecule has 1 saturated heterocycles. The molecule has 0 aromatic heterocycles. The number of nitrogens with zero attached hydrogens (tertiary/aromatic N) is 4. The van der Waals surface area contributed by atoms with E-state index in [1.54, 1.807) is 17.0 Å². The first kappa shape index (κ1) is 22.1. The third-order valence-corrected chi connectivity index (χ3v) is 5.11. The minimum atomic E-state index is -0.880. The van der Waals surface area contributed by atoms with Gasteiger partial charge in [0, 0.05) is 38.8 Å². The van der Waals surface area contributed by atoms with Crippen LogP contribution in [0, 0.1) is 26.0 Å². The highest BCUT2D eigenvalue weighted by molar-refractivity contribution is 5.99. The Morgan fingerprint density at radius 2 is 1.77 bits per heavy atom. The lowest BCUT2D eigenvalue weighted by Crippen LogP contribution is -2.32. The van der Waals surface area contributed by atoms with Crippen LogP contribution in [0.5, 0.6) is 0 Å². The van der Waals surface area contributed by atoms with Crippen LogP contribution in [-0.4, -0.2) is 54.0 Å². The summed E-state index contributed by atoms with van der Waals surface area (Å²) in [4.78, 5) is 37.5. The lowest BCUT2D eigenvalue weighted by Gasteiger charge is -2.25. The van der Waals surface area contributed by atoms with E-state index in [-0.39, 0.29) is 17.1 Å². The SMILES string of the molecule is COC(=O)c1cc([N+](=O)[O-])cc([N+](=O)[O-])c1N1CCCN(Cc2ccc(F)cc2)CC1. The van der Waals surface area contributed by atoms with Crippen molar-refractivity contribution >= 4 is 23.0 Å². The molecule has 0 saturated carbocycles. The van der Waals surface area contributed by atoms with E-state index in [4.69, 9.17) is 4.74 Å². The zero-order valence-corrected chi connectivity index (χ0v) is 16.8. The van der Waals surface area contributed by atoms with E-state index in [1.165, 1.54) is 12.1 Å². The molecule has 31 heavy (non-hydrogen) atoms. The number of carbonyl (C=O) groups is 1. The fraction of sp³-hybridized carbons (Fsp3) is 0.350. The Labute approximate surface area is 177 Å². The van der Waals surface area contributed by atoms with Gasteiger partial charge in [-0.1, -0.05) is 12.1 Å². The lowest BCUT2D eigenvalue weighted by molar-refractivity contribution is -0.393. The van der Waals surface area contributed by atoms with E-state index in [2.05, 4.69) is 4.90 Å². The molecular weight excluding hydrogens is 411 g/mol. The first-order valence-electron chi connectivity index (χ1n) is 9.57. The van der Waals surface area contributed by atoms with Gasteiger partial charge in [0.1, 0.15) is 11.5 Å². The van der Waals surface area contributed by atoms with E-state index >= 15 is 0 Å². The number of rotatable bonds is 6. The van der Waals surface area contributed by atoms with Crippen molar-refractivity contribution in [2.24, 2.45) is 0 Å². The number of ether oxygens (including phenoxy) is 1. The quantitative estimate of drug-likeness (QED) is 0.388. The summed E-state index contributed by atoms with van der Waals surface area (Å²) in [7, 11) is 1.11. The average molecular weight is 432 g/mol. The van der Waals surface area contributed by atoms with E-state index in [0.717, 1.165) is 24.8 Å². The van der Waals surface area contributed by atoms with E-state index in [9.17, 15) is 29.4 Å². The van der Waals surface area contributed by atoms with Crippen LogP contribution in [0.4, 0.5) is 21.5 Å². The Kier molecular flexibility index (Phi) is 6.75. The number of non-ortho nitro benzene ring substituents is 1. The van der Waals surface area contributed by atoms with Crippen molar-refractivity contribution < 1.29 is 23.8 Å². The van der Waals surface area contributed by atoms with Crippen molar-refractivity contribution in [3.05, 3.63) is 73.6 Å². The first-order chi connectivity index (χ1) is 14.8. The van der Waals surface area contributed by atoms with Crippen molar-refractivity contribution in [3.63, 3.8) is 0 Å². The van der Waals surface area contributed by atoms with Gasteiger partial charge >= 0.3 is 5.97 Å². The van der Waals surface area contributed by atoms with Gasteiger partial charge in [0.05, 0.1) is 28.6 Å². The molecule has 1 heterocycles. The molecule has 0 bridgehead atoms. The zero-order chi connectivity index (χ0) is 22.5. The van der Waals surface area contributed by atoms with Crippen LogP contribution in [-0.2, 0) is 11.3 Å². The normalized spacial score (nSPS) is 14.7.